The molecule has 0 bridgehead atoms. The second-order valence-corrected chi connectivity index (χ2v) is 4.82. The lowest BCUT2D eigenvalue weighted by atomic mass is 10.5. The lowest BCUT2D eigenvalue weighted by Crippen LogP contribution is -2.43. The fraction of sp³-hybridized carbons (Fsp3) is 0.429. The second kappa shape index (κ2) is 5.28. The van der Waals surface area contributed by atoms with Gasteiger partial charge in [-0.15, -0.1) is 0 Å². The van der Waals surface area contributed by atoms with Gasteiger partial charge in [-0.3, -0.25) is 0 Å². The molecule has 17 heavy (non-hydrogen) atoms. The minimum Gasteiger partial charge on any atom is -0.777 e. The Labute approximate surface area is 97.4 Å². The zero-order valence-corrected chi connectivity index (χ0v) is 9.84. The highest BCUT2D eigenvalue weighted by Gasteiger charge is 2.11. The van der Waals surface area contributed by atoms with E-state index < -0.39 is 13.9 Å². The predicted octanol–water partition coefficient (Wildman–Crippen LogP) is -2.36. The summed E-state index contributed by atoms with van der Waals surface area (Å²) in [6.45, 7) is 0.211. The Kier molecular flexibility index (Phi) is 4.24. The van der Waals surface area contributed by atoms with Gasteiger partial charge in [0.1, 0.15) is 6.35 Å². The van der Waals surface area contributed by atoms with Crippen molar-refractivity contribution in [2.24, 2.45) is 0 Å². The molecular formula is C7H14N5O4P. The number of hydrogen-bond acceptors (Lipinski definition) is 7. The molecule has 1 aromatic rings. The third-order valence-electron chi connectivity index (χ3n) is 1.84. The van der Waals surface area contributed by atoms with E-state index in [0.29, 0.717) is 0 Å². The Hall–Kier alpha value is -1.41. The van der Waals surface area contributed by atoms with Crippen LogP contribution in [0.4, 0.5) is 17.6 Å². The predicted molar refractivity (Wildman–Crippen MR) is 58.3 cm³/mol. The summed E-state index contributed by atoms with van der Waals surface area (Å²) in [5.41, 5.74) is 16.6. The molecule has 0 fully saturated rings. The van der Waals surface area contributed by atoms with Gasteiger partial charge in [-0.2, -0.15) is 0 Å². The Morgan fingerprint density at radius 1 is 1.53 bits per heavy atom. The van der Waals surface area contributed by atoms with Gasteiger partial charge in [-0.25, -0.2) is 4.57 Å². The Morgan fingerprint density at radius 3 is 2.71 bits per heavy atom. The van der Waals surface area contributed by atoms with Crippen LogP contribution in [0.1, 0.15) is 0 Å². The molecule has 0 spiro atoms. The van der Waals surface area contributed by atoms with Gasteiger partial charge in [0.2, 0.25) is 0 Å². The van der Waals surface area contributed by atoms with E-state index in [-0.39, 0.29) is 30.7 Å². The van der Waals surface area contributed by atoms with Crippen molar-refractivity contribution < 1.29 is 23.7 Å². The van der Waals surface area contributed by atoms with E-state index in [4.69, 9.17) is 26.8 Å². The van der Waals surface area contributed by atoms with E-state index in [9.17, 15) is 9.46 Å². The fourth-order valence-corrected chi connectivity index (χ4v) is 1.53. The highest BCUT2D eigenvalue weighted by molar-refractivity contribution is 7.50. The molecule has 1 heterocycles. The van der Waals surface area contributed by atoms with Crippen molar-refractivity contribution in [1.82, 2.24) is 4.98 Å². The summed E-state index contributed by atoms with van der Waals surface area (Å²) in [6.07, 6.45) is -0.754. The molecule has 0 aromatic carbocycles. The third-order valence-corrected chi connectivity index (χ3v) is 2.35. The summed E-state index contributed by atoms with van der Waals surface area (Å²) >= 11 is 0. The lowest BCUT2D eigenvalue weighted by molar-refractivity contribution is -0.672. The first kappa shape index (κ1) is 13.7. The number of nitrogens with two attached hydrogens (primary N) is 3. The van der Waals surface area contributed by atoms with Gasteiger partial charge in [-0.1, -0.05) is 4.98 Å². The highest BCUT2D eigenvalue weighted by Crippen LogP contribution is 2.27. The smallest absolute Gasteiger partial charge is 0.347 e. The molecule has 0 amide bonds. The Bertz CT molecular complexity index is 425. The number of hydrogen-bond donors (Lipinski definition) is 4. The van der Waals surface area contributed by atoms with Crippen LogP contribution in [0.2, 0.25) is 0 Å². The Balaban J connectivity index is 2.56. The molecule has 0 aliphatic carbocycles. The van der Waals surface area contributed by atoms with Crippen molar-refractivity contribution in [3.63, 3.8) is 0 Å². The largest absolute Gasteiger partial charge is 0.777 e. The maximum Gasteiger partial charge on any atom is 0.347 e. The maximum absolute atomic E-state index is 10.4. The molecular weight excluding hydrogens is 249 g/mol. The van der Waals surface area contributed by atoms with Crippen LogP contribution >= 0.6 is 7.60 Å². The van der Waals surface area contributed by atoms with Crippen LogP contribution in [0.15, 0.2) is 6.07 Å². The minimum atomic E-state index is -4.40. The number of nitrogen functional groups attached to an aromatic ring is 3. The summed E-state index contributed by atoms with van der Waals surface area (Å²) in [5, 5.41) is 0. The van der Waals surface area contributed by atoms with Gasteiger partial charge in [0.15, 0.2) is 19.2 Å². The number of nitrogens with zero attached hydrogens (tertiary/aromatic N) is 2. The van der Waals surface area contributed by atoms with Gasteiger partial charge in [0, 0.05) is 0 Å². The monoisotopic (exact) mass is 263 g/mol. The first-order valence-corrected chi connectivity index (χ1v) is 6.38. The zero-order valence-electron chi connectivity index (χ0n) is 8.94. The molecule has 1 rings (SSSR count). The van der Waals surface area contributed by atoms with Crippen LogP contribution in [0, 0.1) is 0 Å². The topological polar surface area (TPSA) is 164 Å². The fourth-order valence-electron chi connectivity index (χ4n) is 1.17. The summed E-state index contributed by atoms with van der Waals surface area (Å²) < 4.78 is 16.5. The normalized spacial score (nSPS) is 14.5. The van der Waals surface area contributed by atoms with Crippen LogP contribution in [0.5, 0.6) is 0 Å². The van der Waals surface area contributed by atoms with Crippen molar-refractivity contribution >= 4 is 25.2 Å². The summed E-state index contributed by atoms with van der Waals surface area (Å²) in [6, 6.07) is 1.42. The average molecular weight is 263 g/mol. The van der Waals surface area contributed by atoms with E-state index in [1.165, 1.54) is 10.6 Å². The molecule has 9 nitrogen and oxygen atoms in total. The lowest BCUT2D eigenvalue weighted by Gasteiger charge is -2.15. The van der Waals surface area contributed by atoms with Crippen molar-refractivity contribution in [2.75, 3.05) is 30.2 Å². The number of aromatic nitrogens is 2. The van der Waals surface area contributed by atoms with E-state index in [2.05, 4.69) is 4.98 Å². The van der Waals surface area contributed by atoms with Crippen molar-refractivity contribution in [3.8, 4) is 0 Å². The van der Waals surface area contributed by atoms with E-state index in [0.717, 1.165) is 0 Å². The van der Waals surface area contributed by atoms with Gasteiger partial charge in [0.05, 0.1) is 19.2 Å². The second-order valence-electron chi connectivity index (χ2n) is 3.29. The number of rotatable bonds is 5. The molecule has 1 unspecified atom stereocenters. The molecule has 1 atom stereocenters. The highest BCUT2D eigenvalue weighted by atomic mass is 31.2. The van der Waals surface area contributed by atoms with E-state index in [1.54, 1.807) is 0 Å². The van der Waals surface area contributed by atoms with Crippen molar-refractivity contribution in [3.05, 3.63) is 6.07 Å². The summed E-state index contributed by atoms with van der Waals surface area (Å²) in [5.74, 6) is 0.574. The Morgan fingerprint density at radius 2 is 2.18 bits per heavy atom. The van der Waals surface area contributed by atoms with Crippen LogP contribution in [-0.2, 0) is 15.8 Å². The molecule has 1 aromatic heterocycles. The number of ether oxygens (including phenoxy) is 1. The van der Waals surface area contributed by atoms with Crippen LogP contribution in [0.25, 0.3) is 0 Å². The van der Waals surface area contributed by atoms with Crippen molar-refractivity contribution in [1.29, 1.82) is 0 Å². The first-order chi connectivity index (χ1) is 7.79. The molecule has 96 valence electrons. The molecule has 0 saturated carbocycles. The summed E-state index contributed by atoms with van der Waals surface area (Å²) in [4.78, 5) is 22.6. The first-order valence-electron chi connectivity index (χ1n) is 4.61. The zero-order chi connectivity index (χ0) is 13.1. The van der Waals surface area contributed by atoms with Gasteiger partial charge < -0.3 is 36.3 Å². The molecule has 10 heteroatoms. The molecule has 0 radical (unpaired) electrons. The van der Waals surface area contributed by atoms with Crippen LogP contribution < -0.4 is 26.7 Å². The SMILES string of the molecule is Nc1cc(N)[n+](CCOCP(=O)([O-])O)c(N)n1. The molecule has 0 aliphatic heterocycles. The maximum atomic E-state index is 10.4. The van der Waals surface area contributed by atoms with Crippen molar-refractivity contribution in [2.45, 2.75) is 6.54 Å². The third kappa shape index (κ3) is 4.53. The minimum absolute atomic E-state index is 0.0114. The van der Waals surface area contributed by atoms with Crippen LogP contribution in [-0.4, -0.2) is 22.8 Å². The van der Waals surface area contributed by atoms with E-state index in [1.807, 2.05) is 0 Å². The van der Waals surface area contributed by atoms with Gasteiger partial charge in [-0.05, 0) is 0 Å². The molecule has 0 saturated heterocycles. The quantitative estimate of drug-likeness (QED) is 0.260. The van der Waals surface area contributed by atoms with Crippen LogP contribution in [0.3, 0.4) is 0 Å². The summed E-state index contributed by atoms with van der Waals surface area (Å²) in [7, 11) is -4.40. The number of anilines is 3. The van der Waals surface area contributed by atoms with E-state index >= 15 is 0 Å². The molecule has 0 aliphatic rings. The van der Waals surface area contributed by atoms with Gasteiger partial charge >= 0.3 is 5.95 Å². The standard InChI is InChI=1S/C7H14N5O4P/c8-5-3-6(9)12(7(10)11-5)1-2-16-4-17(13,14)15/h3H,1-2,4H2,(H7,8,9,10,11,13,14,15). The van der Waals surface area contributed by atoms with Gasteiger partial charge in [0.25, 0.3) is 0 Å². The molecule has 7 N–H and O–H groups in total. The average Bonchev–Trinajstić information content (AvgIpc) is 2.13.